The molecule has 1 aliphatic heterocycles. The highest BCUT2D eigenvalue weighted by Gasteiger charge is 2.28. The number of carbonyl (C=O) groups is 1. The minimum atomic E-state index is -0.981. The summed E-state index contributed by atoms with van der Waals surface area (Å²) in [6.45, 7) is 0.661. The molecule has 1 saturated heterocycles. The van der Waals surface area contributed by atoms with Crippen LogP contribution in [0.1, 0.15) is 6.42 Å². The highest BCUT2D eigenvalue weighted by molar-refractivity contribution is 6.30. The monoisotopic (exact) mass is 421 g/mol. The molecular weight excluding hydrogens is 405 g/mol. The maximum absolute atomic E-state index is 14.6. The first-order valence-electron chi connectivity index (χ1n) is 8.74. The summed E-state index contributed by atoms with van der Waals surface area (Å²) < 4.78 is 27.2. The molecule has 1 aliphatic rings. The van der Waals surface area contributed by atoms with Crippen molar-refractivity contribution in [1.29, 1.82) is 0 Å². The molecule has 0 bridgehead atoms. The maximum atomic E-state index is 14.6. The smallest absolute Gasteiger partial charge is 0.407 e. The average molecular weight is 422 g/mol. The van der Waals surface area contributed by atoms with Gasteiger partial charge in [-0.1, -0.05) is 11.6 Å². The molecule has 1 atom stereocenters. The van der Waals surface area contributed by atoms with Crippen molar-refractivity contribution in [3.63, 3.8) is 0 Å². The van der Waals surface area contributed by atoms with Gasteiger partial charge in [0.25, 0.3) is 0 Å². The Balaban J connectivity index is 1.68. The Kier molecular flexibility index (Phi) is 4.87. The Labute approximate surface area is 169 Å². The van der Waals surface area contributed by atoms with E-state index in [2.05, 4.69) is 15.0 Å². The number of carboxylic acid groups (broad SMARTS) is 1. The minimum absolute atomic E-state index is 0.148. The summed E-state index contributed by atoms with van der Waals surface area (Å²) in [4.78, 5) is 25.4. The Morgan fingerprint density at radius 3 is 2.86 bits per heavy atom. The summed E-state index contributed by atoms with van der Waals surface area (Å²) in [7, 11) is 3.11. The van der Waals surface area contributed by atoms with Crippen LogP contribution in [0.25, 0.3) is 22.7 Å². The van der Waals surface area contributed by atoms with E-state index in [4.69, 9.17) is 26.2 Å². The molecule has 0 unspecified atom stereocenters. The second kappa shape index (κ2) is 7.36. The number of benzene rings is 1. The van der Waals surface area contributed by atoms with Gasteiger partial charge in [-0.2, -0.15) is 4.98 Å². The molecular formula is C18H17ClFN5O4. The van der Waals surface area contributed by atoms with Gasteiger partial charge >= 0.3 is 6.09 Å². The predicted molar refractivity (Wildman–Crippen MR) is 102 cm³/mol. The van der Waals surface area contributed by atoms with Crippen LogP contribution in [-0.2, 0) is 7.05 Å². The van der Waals surface area contributed by atoms with Gasteiger partial charge in [0, 0.05) is 25.0 Å². The number of ether oxygens (including phenoxy) is 2. The number of hydrogen-bond donors (Lipinski definition) is 1. The third kappa shape index (κ3) is 3.51. The summed E-state index contributed by atoms with van der Waals surface area (Å²) in [5.41, 5.74) is 0.849. The molecule has 0 spiro atoms. The first-order valence-corrected chi connectivity index (χ1v) is 9.12. The number of imidazole rings is 1. The number of hydrogen-bond acceptors (Lipinski definition) is 6. The SMILES string of the molecule is COc1cc(Cl)cc(F)c1-c1nc2nc(O[C@@H]3CCN(C(=O)O)C3)cnc2n1C. The van der Waals surface area contributed by atoms with Gasteiger partial charge < -0.3 is 24.0 Å². The quantitative estimate of drug-likeness (QED) is 0.690. The highest BCUT2D eigenvalue weighted by Crippen LogP contribution is 2.35. The van der Waals surface area contributed by atoms with E-state index < -0.39 is 11.9 Å². The number of methoxy groups -OCH3 is 1. The Morgan fingerprint density at radius 1 is 1.38 bits per heavy atom. The van der Waals surface area contributed by atoms with Crippen molar-refractivity contribution in [2.24, 2.45) is 7.05 Å². The molecule has 29 heavy (non-hydrogen) atoms. The van der Waals surface area contributed by atoms with E-state index in [1.807, 2.05) is 0 Å². The molecule has 1 amide bonds. The van der Waals surface area contributed by atoms with Gasteiger partial charge in [0.1, 0.15) is 17.7 Å². The topological polar surface area (TPSA) is 103 Å². The van der Waals surface area contributed by atoms with Crippen molar-refractivity contribution in [1.82, 2.24) is 24.4 Å². The van der Waals surface area contributed by atoms with E-state index in [9.17, 15) is 9.18 Å². The van der Waals surface area contributed by atoms with E-state index in [1.165, 1.54) is 30.3 Å². The van der Waals surface area contributed by atoms with Gasteiger partial charge in [0.05, 0.1) is 25.4 Å². The normalized spacial score (nSPS) is 16.4. The molecule has 0 aliphatic carbocycles. The predicted octanol–water partition coefficient (Wildman–Crippen LogP) is 2.96. The maximum Gasteiger partial charge on any atom is 0.407 e. The second-order valence-electron chi connectivity index (χ2n) is 6.57. The molecule has 1 N–H and O–H groups in total. The lowest BCUT2D eigenvalue weighted by molar-refractivity contribution is 0.144. The molecule has 152 valence electrons. The van der Waals surface area contributed by atoms with E-state index in [0.29, 0.717) is 18.6 Å². The van der Waals surface area contributed by atoms with Crippen molar-refractivity contribution in [2.75, 3.05) is 20.2 Å². The average Bonchev–Trinajstić information content (AvgIpc) is 3.26. The number of fused-ring (bicyclic) bond motifs is 1. The number of likely N-dealkylation sites (tertiary alicyclic amines) is 1. The zero-order valence-electron chi connectivity index (χ0n) is 15.6. The third-order valence-electron chi connectivity index (χ3n) is 4.73. The summed E-state index contributed by atoms with van der Waals surface area (Å²) >= 11 is 5.91. The first-order chi connectivity index (χ1) is 13.9. The minimum Gasteiger partial charge on any atom is -0.496 e. The number of halogens is 2. The molecule has 0 radical (unpaired) electrons. The number of amides is 1. The van der Waals surface area contributed by atoms with E-state index in [0.717, 1.165) is 0 Å². The zero-order chi connectivity index (χ0) is 20.7. The summed E-state index contributed by atoms with van der Waals surface area (Å²) in [5.74, 6) is 0.164. The molecule has 11 heteroatoms. The van der Waals surface area contributed by atoms with Crippen molar-refractivity contribution in [3.8, 4) is 23.0 Å². The van der Waals surface area contributed by atoms with Crippen LogP contribution in [0.5, 0.6) is 11.6 Å². The number of aromatic nitrogens is 4. The Hall–Kier alpha value is -3.14. The molecule has 3 aromatic rings. The van der Waals surface area contributed by atoms with E-state index >= 15 is 0 Å². The van der Waals surface area contributed by atoms with Crippen molar-refractivity contribution >= 4 is 29.0 Å². The van der Waals surface area contributed by atoms with Crippen molar-refractivity contribution < 1.29 is 23.8 Å². The van der Waals surface area contributed by atoms with Gasteiger partial charge in [0.15, 0.2) is 11.5 Å². The number of nitrogens with zero attached hydrogens (tertiary/aromatic N) is 5. The Bertz CT molecular complexity index is 1110. The molecule has 0 saturated carbocycles. The fourth-order valence-electron chi connectivity index (χ4n) is 3.32. The van der Waals surface area contributed by atoms with Crippen LogP contribution in [0.2, 0.25) is 5.02 Å². The van der Waals surface area contributed by atoms with Gasteiger partial charge in [-0.25, -0.2) is 19.2 Å². The lowest BCUT2D eigenvalue weighted by atomic mass is 10.1. The van der Waals surface area contributed by atoms with Crippen molar-refractivity contribution in [3.05, 3.63) is 29.2 Å². The van der Waals surface area contributed by atoms with Crippen LogP contribution < -0.4 is 9.47 Å². The van der Waals surface area contributed by atoms with E-state index in [-0.39, 0.29) is 46.3 Å². The zero-order valence-corrected chi connectivity index (χ0v) is 16.4. The van der Waals surface area contributed by atoms with Gasteiger partial charge in [-0.05, 0) is 12.1 Å². The van der Waals surface area contributed by atoms with Crippen LogP contribution in [0, 0.1) is 5.82 Å². The molecule has 2 aromatic heterocycles. The highest BCUT2D eigenvalue weighted by atomic mass is 35.5. The molecule has 4 rings (SSSR count). The summed E-state index contributed by atoms with van der Waals surface area (Å²) in [5, 5.41) is 9.25. The lowest BCUT2D eigenvalue weighted by Crippen LogP contribution is -2.29. The second-order valence-corrected chi connectivity index (χ2v) is 7.01. The van der Waals surface area contributed by atoms with E-state index in [1.54, 1.807) is 11.6 Å². The van der Waals surface area contributed by atoms with Crippen LogP contribution in [-0.4, -0.2) is 61.9 Å². The number of rotatable bonds is 4. The van der Waals surface area contributed by atoms with Crippen molar-refractivity contribution in [2.45, 2.75) is 12.5 Å². The largest absolute Gasteiger partial charge is 0.496 e. The molecule has 9 nitrogen and oxygen atoms in total. The van der Waals surface area contributed by atoms with Crippen LogP contribution in [0.3, 0.4) is 0 Å². The van der Waals surface area contributed by atoms with Gasteiger partial charge in [-0.3, -0.25) is 0 Å². The molecule has 3 heterocycles. The molecule has 1 aromatic carbocycles. The standard InChI is InChI=1S/C18H17ClFN5O4/c1-24-16(14-11(20)5-9(19)6-12(14)28-2)23-15-17(24)21-7-13(22-15)29-10-3-4-25(8-10)18(26)27/h5-7,10H,3-4,8H2,1-2H3,(H,26,27)/t10-/m1/s1. The first kappa shape index (κ1) is 19.2. The molecule has 1 fully saturated rings. The fraction of sp³-hybridized carbons (Fsp3) is 0.333. The van der Waals surface area contributed by atoms with Crippen LogP contribution in [0.15, 0.2) is 18.3 Å². The van der Waals surface area contributed by atoms with Crippen LogP contribution in [0.4, 0.5) is 9.18 Å². The fourth-order valence-corrected chi connectivity index (χ4v) is 3.52. The summed E-state index contributed by atoms with van der Waals surface area (Å²) in [6.07, 6.45) is 0.708. The lowest BCUT2D eigenvalue weighted by Gasteiger charge is -2.13. The van der Waals surface area contributed by atoms with Crippen LogP contribution >= 0.6 is 11.6 Å². The number of aryl methyl sites for hydroxylation is 1. The van der Waals surface area contributed by atoms with Gasteiger partial charge in [0.2, 0.25) is 11.5 Å². The third-order valence-corrected chi connectivity index (χ3v) is 4.94. The van der Waals surface area contributed by atoms with Gasteiger partial charge in [-0.15, -0.1) is 0 Å². The Morgan fingerprint density at radius 2 is 2.17 bits per heavy atom. The summed E-state index contributed by atoms with van der Waals surface area (Å²) in [6, 6.07) is 2.69.